The monoisotopic (exact) mass is 385 g/mol. The Morgan fingerprint density at radius 1 is 0.862 bits per heavy atom. The molecule has 0 fully saturated rings. The van der Waals surface area contributed by atoms with Gasteiger partial charge in [-0.2, -0.15) is 5.10 Å². The van der Waals surface area contributed by atoms with Crippen molar-refractivity contribution in [2.45, 2.75) is 13.8 Å². The molecular weight excluding hydrogens is 362 g/mol. The minimum atomic E-state index is 0.601. The molecule has 3 aromatic rings. The van der Waals surface area contributed by atoms with Crippen LogP contribution in [0.1, 0.15) is 29.2 Å². The van der Waals surface area contributed by atoms with Crippen LogP contribution in [0.4, 0.5) is 5.69 Å². The first kappa shape index (κ1) is 18.7. The maximum atomic E-state index is 5.71. The summed E-state index contributed by atoms with van der Waals surface area (Å²) in [6.07, 6.45) is 0. The smallest absolute Gasteiger partial charge is 0.154 e. The van der Waals surface area contributed by atoms with Gasteiger partial charge in [0.1, 0.15) is 17.2 Å². The molecule has 1 aliphatic heterocycles. The van der Waals surface area contributed by atoms with E-state index in [0.29, 0.717) is 12.4 Å². The van der Waals surface area contributed by atoms with E-state index in [2.05, 4.69) is 24.5 Å². The quantitative estimate of drug-likeness (QED) is 0.684. The molecule has 0 unspecified atom stereocenters. The van der Waals surface area contributed by atoms with Crippen molar-refractivity contribution >= 4 is 17.2 Å². The molecule has 0 spiro atoms. The molecule has 146 valence electrons. The first-order chi connectivity index (χ1) is 14.2. The van der Waals surface area contributed by atoms with Crippen LogP contribution in [0.25, 0.3) is 0 Å². The van der Waals surface area contributed by atoms with Crippen LogP contribution in [0.15, 0.2) is 76.8 Å². The topological polar surface area (TPSA) is 55.2 Å². The Morgan fingerprint density at radius 3 is 2.24 bits per heavy atom. The van der Waals surface area contributed by atoms with Gasteiger partial charge < -0.3 is 9.47 Å². The number of amidine groups is 1. The summed E-state index contributed by atoms with van der Waals surface area (Å²) in [5.74, 6) is 2.30. The van der Waals surface area contributed by atoms with Crippen LogP contribution in [0, 0.1) is 6.92 Å². The number of aliphatic imine (C=N–C) groups is 1. The van der Waals surface area contributed by atoms with Crippen molar-refractivity contribution in [3.8, 4) is 11.5 Å². The molecule has 0 saturated carbocycles. The summed E-state index contributed by atoms with van der Waals surface area (Å²) in [7, 11) is 1.66. The van der Waals surface area contributed by atoms with Crippen LogP contribution in [0.3, 0.4) is 0 Å². The predicted octanol–water partition coefficient (Wildman–Crippen LogP) is 4.84. The van der Waals surface area contributed by atoms with Crippen LogP contribution >= 0.6 is 0 Å². The Balaban J connectivity index is 1.83. The van der Waals surface area contributed by atoms with Gasteiger partial charge in [-0.25, -0.2) is 4.99 Å². The molecule has 29 heavy (non-hydrogen) atoms. The molecule has 0 aliphatic carbocycles. The molecule has 0 bridgehead atoms. The number of methoxy groups -OCH3 is 1. The lowest BCUT2D eigenvalue weighted by atomic mass is 10.0. The molecule has 1 heterocycles. The van der Waals surface area contributed by atoms with Crippen molar-refractivity contribution in [2.75, 3.05) is 13.7 Å². The summed E-state index contributed by atoms with van der Waals surface area (Å²) in [5.41, 5.74) is 8.86. The van der Waals surface area contributed by atoms with Gasteiger partial charge in [-0.15, -0.1) is 0 Å². The van der Waals surface area contributed by atoms with Crippen molar-refractivity contribution in [3.05, 3.63) is 89.0 Å². The van der Waals surface area contributed by atoms with Gasteiger partial charge in [0.2, 0.25) is 0 Å². The van der Waals surface area contributed by atoms with Crippen LogP contribution in [-0.2, 0) is 0 Å². The van der Waals surface area contributed by atoms with E-state index in [0.717, 1.165) is 39.6 Å². The Bertz CT molecular complexity index is 1070. The Labute approximate surface area is 170 Å². The maximum absolute atomic E-state index is 5.71. The summed E-state index contributed by atoms with van der Waals surface area (Å²) in [6, 6.07) is 22.0. The van der Waals surface area contributed by atoms with E-state index in [4.69, 9.17) is 19.6 Å². The number of hydrogen-bond acceptors (Lipinski definition) is 5. The SMILES string of the molecule is CCOc1ccc2c(c1)C(c1ccc(OC)cc1)=NNC(c1ccc(C)cc1)=N2. The van der Waals surface area contributed by atoms with Crippen molar-refractivity contribution in [1.82, 2.24) is 5.43 Å². The number of hydrogen-bond donors (Lipinski definition) is 1. The fourth-order valence-corrected chi connectivity index (χ4v) is 3.18. The molecule has 4 rings (SSSR count). The van der Waals surface area contributed by atoms with Gasteiger partial charge in [0, 0.05) is 16.7 Å². The van der Waals surface area contributed by atoms with Crippen molar-refractivity contribution < 1.29 is 9.47 Å². The highest BCUT2D eigenvalue weighted by molar-refractivity contribution is 6.18. The molecule has 0 aromatic heterocycles. The Morgan fingerprint density at radius 2 is 1.55 bits per heavy atom. The van der Waals surface area contributed by atoms with E-state index in [1.807, 2.05) is 61.5 Å². The highest BCUT2D eigenvalue weighted by Gasteiger charge is 2.18. The second-order valence-corrected chi connectivity index (χ2v) is 6.74. The van der Waals surface area contributed by atoms with Gasteiger partial charge in [-0.1, -0.05) is 29.8 Å². The third-order valence-corrected chi connectivity index (χ3v) is 4.73. The van der Waals surface area contributed by atoms with Crippen molar-refractivity contribution in [2.24, 2.45) is 10.1 Å². The lowest BCUT2D eigenvalue weighted by Crippen LogP contribution is -2.19. The summed E-state index contributed by atoms with van der Waals surface area (Å²) < 4.78 is 11.0. The van der Waals surface area contributed by atoms with E-state index in [1.165, 1.54) is 5.56 Å². The molecule has 0 amide bonds. The molecule has 5 nitrogen and oxygen atoms in total. The van der Waals surface area contributed by atoms with E-state index in [9.17, 15) is 0 Å². The fraction of sp³-hybridized carbons (Fsp3) is 0.167. The second kappa shape index (κ2) is 8.19. The fourth-order valence-electron chi connectivity index (χ4n) is 3.18. The first-order valence-electron chi connectivity index (χ1n) is 9.59. The Kier molecular flexibility index (Phi) is 5.29. The number of benzene rings is 3. The van der Waals surface area contributed by atoms with Gasteiger partial charge in [-0.05, 0) is 56.3 Å². The summed E-state index contributed by atoms with van der Waals surface area (Å²) in [5, 5.41) is 4.71. The molecule has 0 radical (unpaired) electrons. The average molecular weight is 385 g/mol. The number of nitrogens with one attached hydrogen (secondary N) is 1. The van der Waals surface area contributed by atoms with Gasteiger partial charge in [0.25, 0.3) is 0 Å². The van der Waals surface area contributed by atoms with E-state index in [-0.39, 0.29) is 0 Å². The lowest BCUT2D eigenvalue weighted by Gasteiger charge is -2.11. The first-order valence-corrected chi connectivity index (χ1v) is 9.59. The zero-order valence-electron chi connectivity index (χ0n) is 16.8. The summed E-state index contributed by atoms with van der Waals surface area (Å²) >= 11 is 0. The highest BCUT2D eigenvalue weighted by atomic mass is 16.5. The number of fused-ring (bicyclic) bond motifs is 1. The van der Waals surface area contributed by atoms with Crippen LogP contribution < -0.4 is 14.9 Å². The van der Waals surface area contributed by atoms with E-state index < -0.39 is 0 Å². The number of nitrogens with zero attached hydrogens (tertiary/aromatic N) is 2. The predicted molar refractivity (Wildman–Crippen MR) is 117 cm³/mol. The molecule has 1 N–H and O–H groups in total. The molecule has 1 aliphatic rings. The minimum absolute atomic E-state index is 0.601. The van der Waals surface area contributed by atoms with Gasteiger partial charge in [0.05, 0.1) is 19.4 Å². The van der Waals surface area contributed by atoms with E-state index >= 15 is 0 Å². The number of hydrazone groups is 1. The van der Waals surface area contributed by atoms with Gasteiger partial charge in [-0.3, -0.25) is 5.43 Å². The van der Waals surface area contributed by atoms with Crippen molar-refractivity contribution in [3.63, 3.8) is 0 Å². The van der Waals surface area contributed by atoms with Crippen LogP contribution in [0.5, 0.6) is 11.5 Å². The zero-order chi connectivity index (χ0) is 20.2. The number of aryl methyl sites for hydroxylation is 1. The molecule has 0 saturated heterocycles. The van der Waals surface area contributed by atoms with Crippen molar-refractivity contribution in [1.29, 1.82) is 0 Å². The minimum Gasteiger partial charge on any atom is -0.497 e. The maximum Gasteiger partial charge on any atom is 0.154 e. The highest BCUT2D eigenvalue weighted by Crippen LogP contribution is 2.30. The average Bonchev–Trinajstić information content (AvgIpc) is 2.94. The standard InChI is InChI=1S/C24H23N3O2/c1-4-29-20-13-14-22-21(15-20)23(17-9-11-19(28-3)12-10-17)26-27-24(25-22)18-7-5-16(2)6-8-18/h5-15H,4H2,1-3H3,(H,25,27). The largest absolute Gasteiger partial charge is 0.497 e. The lowest BCUT2D eigenvalue weighted by molar-refractivity contribution is 0.340. The van der Waals surface area contributed by atoms with E-state index in [1.54, 1.807) is 7.11 Å². The normalized spacial score (nSPS) is 12.8. The Hall–Kier alpha value is -3.60. The summed E-state index contributed by atoms with van der Waals surface area (Å²) in [6.45, 7) is 4.64. The molecule has 0 atom stereocenters. The number of rotatable bonds is 5. The third kappa shape index (κ3) is 3.99. The van der Waals surface area contributed by atoms with Crippen LogP contribution in [0.2, 0.25) is 0 Å². The van der Waals surface area contributed by atoms with Gasteiger partial charge in [0.15, 0.2) is 5.84 Å². The second-order valence-electron chi connectivity index (χ2n) is 6.74. The molecule has 3 aromatic carbocycles. The third-order valence-electron chi connectivity index (χ3n) is 4.73. The zero-order valence-corrected chi connectivity index (χ0v) is 16.8. The summed E-state index contributed by atoms with van der Waals surface area (Å²) in [4.78, 5) is 4.86. The molecular formula is C24H23N3O2. The molecule has 5 heteroatoms. The number of ether oxygens (including phenoxy) is 2. The van der Waals surface area contributed by atoms with Crippen LogP contribution in [-0.4, -0.2) is 25.3 Å². The van der Waals surface area contributed by atoms with Gasteiger partial charge >= 0.3 is 0 Å².